The normalized spacial score (nSPS) is 16.0. The molecule has 0 aliphatic carbocycles. The Labute approximate surface area is 152 Å². The van der Waals surface area contributed by atoms with Crippen LogP contribution in [0.5, 0.6) is 0 Å². The smallest absolute Gasteiger partial charge is 0.273 e. The fourth-order valence-corrected chi connectivity index (χ4v) is 2.68. The average molecular weight is 351 g/mol. The molecule has 6 heteroatoms. The molecule has 2 aromatic carbocycles. The van der Waals surface area contributed by atoms with Gasteiger partial charge in [-0.05, 0) is 31.5 Å². The van der Waals surface area contributed by atoms with Gasteiger partial charge < -0.3 is 15.5 Å². The second kappa shape index (κ2) is 7.82. The maximum atomic E-state index is 12.5. The maximum absolute atomic E-state index is 12.5. The third kappa shape index (κ3) is 4.08. The van der Waals surface area contributed by atoms with Crippen LogP contribution in [-0.2, 0) is 9.63 Å². The van der Waals surface area contributed by atoms with Crippen LogP contribution < -0.4 is 10.6 Å². The van der Waals surface area contributed by atoms with Crippen LogP contribution in [0.3, 0.4) is 0 Å². The number of oxime groups is 1. The second-order valence-electron chi connectivity index (χ2n) is 6.37. The zero-order valence-corrected chi connectivity index (χ0v) is 14.7. The average Bonchev–Trinajstić information content (AvgIpc) is 3.12. The van der Waals surface area contributed by atoms with Crippen molar-refractivity contribution in [3.05, 3.63) is 65.7 Å². The molecule has 3 rings (SSSR count). The molecule has 1 heterocycles. The number of carbonyl (C=O) groups is 2. The molecular weight excluding hydrogens is 330 g/mol. The van der Waals surface area contributed by atoms with E-state index in [0.717, 1.165) is 5.56 Å². The molecule has 1 unspecified atom stereocenters. The lowest BCUT2D eigenvalue weighted by Crippen LogP contribution is -2.31. The standard InChI is InChI=1S/C20H21N3O3/c1-13(2)21-19(24)15-10-6-7-11-16(15)22-20(25)17-12-18(26-23-17)14-8-4-3-5-9-14/h3-11,13,18H,12H2,1-2H3,(H,21,24)(H,22,25). The number of anilines is 1. The molecule has 6 nitrogen and oxygen atoms in total. The lowest BCUT2D eigenvalue weighted by molar-refractivity contribution is -0.110. The van der Waals surface area contributed by atoms with Crippen molar-refractivity contribution >= 4 is 23.2 Å². The number of rotatable bonds is 5. The monoisotopic (exact) mass is 351 g/mol. The van der Waals surface area contributed by atoms with Crippen LogP contribution in [0, 0.1) is 0 Å². The molecular formula is C20H21N3O3. The number of nitrogens with one attached hydrogen (secondary N) is 2. The summed E-state index contributed by atoms with van der Waals surface area (Å²) >= 11 is 0. The highest BCUT2D eigenvalue weighted by Gasteiger charge is 2.28. The Kier molecular flexibility index (Phi) is 5.31. The molecule has 2 aromatic rings. The quantitative estimate of drug-likeness (QED) is 0.867. The Bertz CT molecular complexity index is 831. The Morgan fingerprint density at radius 3 is 2.46 bits per heavy atom. The molecule has 0 fully saturated rings. The highest BCUT2D eigenvalue weighted by atomic mass is 16.6. The van der Waals surface area contributed by atoms with Crippen molar-refractivity contribution < 1.29 is 14.4 Å². The zero-order chi connectivity index (χ0) is 18.5. The minimum absolute atomic E-state index is 0.00509. The van der Waals surface area contributed by atoms with Crippen molar-refractivity contribution in [3.63, 3.8) is 0 Å². The van der Waals surface area contributed by atoms with Crippen molar-refractivity contribution in [1.82, 2.24) is 5.32 Å². The summed E-state index contributed by atoms with van der Waals surface area (Å²) in [6, 6.07) is 16.5. The van der Waals surface area contributed by atoms with E-state index in [-0.39, 0.29) is 24.0 Å². The fourth-order valence-electron chi connectivity index (χ4n) is 2.68. The van der Waals surface area contributed by atoms with Gasteiger partial charge in [-0.25, -0.2) is 0 Å². The molecule has 1 aliphatic rings. The number of carbonyl (C=O) groups excluding carboxylic acids is 2. The predicted octanol–water partition coefficient (Wildman–Crippen LogP) is 3.28. The van der Waals surface area contributed by atoms with E-state index >= 15 is 0 Å². The van der Waals surface area contributed by atoms with Crippen molar-refractivity contribution in [2.24, 2.45) is 5.16 Å². The van der Waals surface area contributed by atoms with Gasteiger partial charge in [-0.15, -0.1) is 0 Å². The number of hydrogen-bond acceptors (Lipinski definition) is 4. The van der Waals surface area contributed by atoms with Crippen molar-refractivity contribution in [1.29, 1.82) is 0 Å². The second-order valence-corrected chi connectivity index (χ2v) is 6.37. The van der Waals surface area contributed by atoms with Gasteiger partial charge in [0.15, 0.2) is 6.10 Å². The first-order valence-electron chi connectivity index (χ1n) is 8.53. The molecule has 2 amide bonds. The summed E-state index contributed by atoms with van der Waals surface area (Å²) in [4.78, 5) is 30.2. The van der Waals surface area contributed by atoms with Gasteiger partial charge in [0.25, 0.3) is 11.8 Å². The summed E-state index contributed by atoms with van der Waals surface area (Å²) in [6.07, 6.45) is 0.118. The predicted molar refractivity (Wildman–Crippen MR) is 100.0 cm³/mol. The largest absolute Gasteiger partial charge is 0.387 e. The highest BCUT2D eigenvalue weighted by molar-refractivity contribution is 6.43. The van der Waals surface area contributed by atoms with Gasteiger partial charge >= 0.3 is 0 Å². The molecule has 1 atom stereocenters. The Hall–Kier alpha value is -3.15. The van der Waals surface area contributed by atoms with Crippen molar-refractivity contribution in [2.75, 3.05) is 5.32 Å². The van der Waals surface area contributed by atoms with Gasteiger partial charge in [-0.3, -0.25) is 9.59 Å². The Morgan fingerprint density at radius 2 is 1.73 bits per heavy atom. The van der Waals surface area contributed by atoms with Gasteiger partial charge in [-0.1, -0.05) is 47.6 Å². The van der Waals surface area contributed by atoms with Gasteiger partial charge in [0.1, 0.15) is 5.71 Å². The lowest BCUT2D eigenvalue weighted by Gasteiger charge is -2.13. The van der Waals surface area contributed by atoms with Crippen LogP contribution in [0.25, 0.3) is 0 Å². The number of para-hydroxylation sites is 1. The summed E-state index contributed by atoms with van der Waals surface area (Å²) in [5, 5.41) is 9.51. The third-order valence-electron chi connectivity index (χ3n) is 3.94. The van der Waals surface area contributed by atoms with Crippen LogP contribution >= 0.6 is 0 Å². The van der Waals surface area contributed by atoms with Gasteiger partial charge in [0.05, 0.1) is 11.3 Å². The van der Waals surface area contributed by atoms with Crippen LogP contribution in [0.4, 0.5) is 5.69 Å². The first-order valence-corrected chi connectivity index (χ1v) is 8.53. The number of amides is 2. The molecule has 2 N–H and O–H groups in total. The molecule has 0 saturated heterocycles. The minimum atomic E-state index is -0.367. The van der Waals surface area contributed by atoms with Crippen LogP contribution in [0.2, 0.25) is 0 Å². The van der Waals surface area contributed by atoms with Crippen LogP contribution in [-0.4, -0.2) is 23.6 Å². The summed E-state index contributed by atoms with van der Waals surface area (Å²) in [6.45, 7) is 3.76. The molecule has 0 saturated carbocycles. The minimum Gasteiger partial charge on any atom is -0.387 e. The summed E-state index contributed by atoms with van der Waals surface area (Å²) in [7, 11) is 0. The van der Waals surface area contributed by atoms with E-state index in [1.165, 1.54) is 0 Å². The van der Waals surface area contributed by atoms with Gasteiger partial charge in [-0.2, -0.15) is 0 Å². The van der Waals surface area contributed by atoms with Crippen molar-refractivity contribution in [2.45, 2.75) is 32.4 Å². The van der Waals surface area contributed by atoms with E-state index in [9.17, 15) is 9.59 Å². The number of benzene rings is 2. The summed E-state index contributed by atoms with van der Waals surface area (Å²) < 4.78 is 0. The molecule has 1 aliphatic heterocycles. The van der Waals surface area contributed by atoms with E-state index in [0.29, 0.717) is 23.4 Å². The molecule has 0 spiro atoms. The fraction of sp³-hybridized carbons (Fsp3) is 0.250. The van der Waals surface area contributed by atoms with E-state index in [4.69, 9.17) is 4.84 Å². The molecule has 134 valence electrons. The third-order valence-corrected chi connectivity index (χ3v) is 3.94. The lowest BCUT2D eigenvalue weighted by atomic mass is 10.0. The van der Waals surface area contributed by atoms with Gasteiger partial charge in [0, 0.05) is 12.5 Å². The number of hydrogen-bond donors (Lipinski definition) is 2. The van der Waals surface area contributed by atoms with E-state index < -0.39 is 0 Å². The summed E-state index contributed by atoms with van der Waals surface area (Å²) in [5.74, 6) is -0.601. The topological polar surface area (TPSA) is 79.8 Å². The van der Waals surface area contributed by atoms with Gasteiger partial charge in [0.2, 0.25) is 0 Å². The molecule has 0 aromatic heterocycles. The number of nitrogens with zero attached hydrogens (tertiary/aromatic N) is 1. The van der Waals surface area contributed by atoms with Crippen LogP contribution in [0.15, 0.2) is 59.8 Å². The van der Waals surface area contributed by atoms with E-state index in [1.807, 2.05) is 44.2 Å². The zero-order valence-electron chi connectivity index (χ0n) is 14.7. The first kappa shape index (κ1) is 17.7. The molecule has 0 radical (unpaired) electrons. The molecule has 26 heavy (non-hydrogen) atoms. The van der Waals surface area contributed by atoms with E-state index in [2.05, 4.69) is 15.8 Å². The molecule has 0 bridgehead atoms. The summed E-state index contributed by atoms with van der Waals surface area (Å²) in [5.41, 5.74) is 2.13. The first-order chi connectivity index (χ1) is 12.5. The maximum Gasteiger partial charge on any atom is 0.273 e. The van der Waals surface area contributed by atoms with E-state index in [1.54, 1.807) is 24.3 Å². The van der Waals surface area contributed by atoms with Crippen LogP contribution in [0.1, 0.15) is 42.3 Å². The Morgan fingerprint density at radius 1 is 1.04 bits per heavy atom. The highest BCUT2D eigenvalue weighted by Crippen LogP contribution is 2.27. The SMILES string of the molecule is CC(C)NC(=O)c1ccccc1NC(=O)C1=NOC(c2ccccc2)C1. The Balaban J connectivity index is 1.69. The van der Waals surface area contributed by atoms with Crippen molar-refractivity contribution in [3.8, 4) is 0 Å².